The fourth-order valence-electron chi connectivity index (χ4n) is 2.76. The van der Waals surface area contributed by atoms with Crippen molar-refractivity contribution in [3.05, 3.63) is 35.7 Å². The zero-order chi connectivity index (χ0) is 15.8. The fourth-order valence-corrected chi connectivity index (χ4v) is 2.76. The van der Waals surface area contributed by atoms with Crippen molar-refractivity contribution in [1.82, 2.24) is 9.78 Å². The van der Waals surface area contributed by atoms with Crippen LogP contribution >= 0.6 is 0 Å². The van der Waals surface area contributed by atoms with Crippen LogP contribution in [0.3, 0.4) is 0 Å². The molecule has 3 N–H and O–H groups in total. The van der Waals surface area contributed by atoms with E-state index in [-0.39, 0.29) is 23.3 Å². The highest BCUT2D eigenvalue weighted by molar-refractivity contribution is 5.87. The zero-order valence-electron chi connectivity index (χ0n) is 12.3. The molecule has 1 aromatic heterocycles. The monoisotopic (exact) mass is 291 g/mol. The number of carboxylic acid groups (broad SMARTS) is 1. The molecule has 112 valence electrons. The molecule has 1 aromatic rings. The quantitative estimate of drug-likeness (QED) is 0.853. The van der Waals surface area contributed by atoms with Crippen LogP contribution in [-0.2, 0) is 4.79 Å². The van der Waals surface area contributed by atoms with Crippen LogP contribution in [-0.4, -0.2) is 31.9 Å². The van der Waals surface area contributed by atoms with Crippen LogP contribution in [0.15, 0.2) is 30.1 Å². The van der Waals surface area contributed by atoms with Gasteiger partial charge in [-0.05, 0) is 18.4 Å². The second-order valence-electron chi connectivity index (χ2n) is 5.94. The summed E-state index contributed by atoms with van der Waals surface area (Å²) in [4.78, 5) is 22.0. The Morgan fingerprint density at radius 2 is 2.14 bits per heavy atom. The largest absolute Gasteiger partial charge is 0.565 e. The van der Waals surface area contributed by atoms with Crippen LogP contribution in [0.25, 0.3) is 5.70 Å². The maximum Gasteiger partial charge on any atom is 0.516 e. The molecule has 6 heteroatoms. The number of allylic oxidation sites excluding steroid dienone is 4. The average Bonchev–Trinajstić information content (AvgIpc) is 2.82. The van der Waals surface area contributed by atoms with E-state index in [2.05, 4.69) is 5.10 Å². The second-order valence-corrected chi connectivity index (χ2v) is 5.94. The minimum absolute atomic E-state index is 0.0271. The van der Waals surface area contributed by atoms with Gasteiger partial charge < -0.3 is 10.2 Å². The first-order valence-electron chi connectivity index (χ1n) is 6.64. The lowest BCUT2D eigenvalue weighted by molar-refractivity contribution is -0.138. The van der Waals surface area contributed by atoms with Gasteiger partial charge in [0.2, 0.25) is 0 Å². The Bertz CT molecular complexity index is 652. The molecule has 21 heavy (non-hydrogen) atoms. The van der Waals surface area contributed by atoms with Gasteiger partial charge in [0.15, 0.2) is 0 Å². The highest BCUT2D eigenvalue weighted by Crippen LogP contribution is 2.41. The Kier molecular flexibility index (Phi) is 3.72. The number of carbonyl (C=O) groups excluding carboxylic acids is 1. The molecule has 1 aliphatic rings. The number of aromatic carboxylic acids is 1. The summed E-state index contributed by atoms with van der Waals surface area (Å²) in [7, 11) is 0. The van der Waals surface area contributed by atoms with Crippen molar-refractivity contribution in [2.45, 2.75) is 27.2 Å². The topological polar surface area (TPSA) is 95.1 Å². The molecule has 0 fully saturated rings. The molecule has 0 amide bonds. The predicted octanol–water partition coefficient (Wildman–Crippen LogP) is 1.67. The van der Waals surface area contributed by atoms with Crippen molar-refractivity contribution >= 4 is 17.6 Å². The van der Waals surface area contributed by atoms with E-state index in [0.717, 1.165) is 11.3 Å². The van der Waals surface area contributed by atoms with Gasteiger partial charge in [-0.1, -0.05) is 25.5 Å². The van der Waals surface area contributed by atoms with E-state index < -0.39 is 11.9 Å². The minimum atomic E-state index is -1.02. The van der Waals surface area contributed by atoms with Crippen LogP contribution in [0.2, 0.25) is 0 Å². The molecule has 1 atom stereocenters. The fraction of sp³-hybridized carbons (Fsp3) is 0.400. The summed E-state index contributed by atoms with van der Waals surface area (Å²) in [5.41, 5.74) is 1.59. The number of nitrogens with zero attached hydrogens (tertiary/aromatic N) is 2. The van der Waals surface area contributed by atoms with Gasteiger partial charge in [-0.15, -0.1) is 0 Å². The molecule has 0 spiro atoms. The molecule has 1 heterocycles. The lowest BCUT2D eigenvalue weighted by atomic mass is 9.70. The Morgan fingerprint density at radius 3 is 2.62 bits per heavy atom. The Hall–Kier alpha value is -2.37. The number of rotatable bonds is 4. The molecule has 0 saturated carbocycles. The van der Waals surface area contributed by atoms with Gasteiger partial charge in [-0.25, -0.2) is 9.48 Å². The SMILES string of the molecule is CC1=CC(n2cc(C(=O)O)cn2)=CC(C)(C)C1CC(=O)[OH2+]. The number of hydrogen-bond donors (Lipinski definition) is 1. The summed E-state index contributed by atoms with van der Waals surface area (Å²) in [6.07, 6.45) is 6.80. The van der Waals surface area contributed by atoms with E-state index in [0.29, 0.717) is 0 Å². The van der Waals surface area contributed by atoms with Crippen molar-refractivity contribution in [3.63, 3.8) is 0 Å². The molecule has 2 rings (SSSR count). The third kappa shape index (κ3) is 3.04. The summed E-state index contributed by atoms with van der Waals surface area (Å²) in [5, 5.41) is 20.2. The molecular formula is C15H19N2O4+. The Morgan fingerprint density at radius 1 is 1.48 bits per heavy atom. The second kappa shape index (κ2) is 5.20. The lowest BCUT2D eigenvalue weighted by Gasteiger charge is -2.34. The molecule has 0 aliphatic heterocycles. The first-order valence-corrected chi connectivity index (χ1v) is 6.64. The summed E-state index contributed by atoms with van der Waals surface area (Å²) < 4.78 is 1.52. The molecule has 0 saturated heterocycles. The lowest BCUT2D eigenvalue weighted by Crippen LogP contribution is -2.29. The summed E-state index contributed by atoms with van der Waals surface area (Å²) in [6.45, 7) is 5.92. The van der Waals surface area contributed by atoms with Crippen LogP contribution in [0.4, 0.5) is 0 Å². The van der Waals surface area contributed by atoms with E-state index in [1.54, 1.807) is 0 Å². The number of carboxylic acids is 1. The van der Waals surface area contributed by atoms with E-state index in [1.165, 1.54) is 17.1 Å². The van der Waals surface area contributed by atoms with E-state index in [9.17, 15) is 9.59 Å². The van der Waals surface area contributed by atoms with Crippen molar-refractivity contribution in [2.75, 3.05) is 0 Å². The van der Waals surface area contributed by atoms with Crippen molar-refractivity contribution in [2.24, 2.45) is 11.3 Å². The van der Waals surface area contributed by atoms with Crippen LogP contribution in [0.1, 0.15) is 37.6 Å². The van der Waals surface area contributed by atoms with Gasteiger partial charge >= 0.3 is 11.9 Å². The standard InChI is InChI=1S/C15H18N2O4/c1-9-4-11(17-8-10(7-16-17)14(20)21)6-15(2,3)12(9)5-13(18)19/h4,6-8,12H,5H2,1-3H3,(H,18,19)(H,20,21)/p+1. The smallest absolute Gasteiger partial charge is 0.516 e. The van der Waals surface area contributed by atoms with Gasteiger partial charge in [0, 0.05) is 16.9 Å². The molecule has 0 aromatic carbocycles. The van der Waals surface area contributed by atoms with E-state index >= 15 is 0 Å². The van der Waals surface area contributed by atoms with Crippen molar-refractivity contribution < 1.29 is 19.8 Å². The molecule has 0 radical (unpaired) electrons. The van der Waals surface area contributed by atoms with Crippen LogP contribution < -0.4 is 0 Å². The Labute approximate surface area is 122 Å². The first-order chi connectivity index (χ1) is 9.70. The third-order valence-corrected chi connectivity index (χ3v) is 3.83. The van der Waals surface area contributed by atoms with Crippen LogP contribution in [0, 0.1) is 11.3 Å². The molecule has 0 bridgehead atoms. The highest BCUT2D eigenvalue weighted by atomic mass is 16.4. The molecule has 1 unspecified atom stereocenters. The van der Waals surface area contributed by atoms with Crippen LogP contribution in [0.5, 0.6) is 0 Å². The molecular weight excluding hydrogens is 272 g/mol. The van der Waals surface area contributed by atoms with Gasteiger partial charge in [0.25, 0.3) is 0 Å². The van der Waals surface area contributed by atoms with Crippen molar-refractivity contribution in [1.29, 1.82) is 0 Å². The third-order valence-electron chi connectivity index (χ3n) is 3.83. The van der Waals surface area contributed by atoms with Crippen molar-refractivity contribution in [3.8, 4) is 0 Å². The summed E-state index contributed by atoms with van der Waals surface area (Å²) in [5.74, 6) is -1.62. The maximum absolute atomic E-state index is 11.1. The van der Waals surface area contributed by atoms with E-state index in [1.807, 2.05) is 32.9 Å². The van der Waals surface area contributed by atoms with Gasteiger partial charge in [-0.2, -0.15) is 5.10 Å². The number of carbonyl (C=O) groups is 2. The van der Waals surface area contributed by atoms with Gasteiger partial charge in [-0.3, -0.25) is 0 Å². The summed E-state index contributed by atoms with van der Waals surface area (Å²) in [6, 6.07) is 0. The molecule has 6 nitrogen and oxygen atoms in total. The number of hydrogen-bond acceptors (Lipinski definition) is 3. The first kappa shape index (κ1) is 15.0. The summed E-state index contributed by atoms with van der Waals surface area (Å²) >= 11 is 0. The Balaban J connectivity index is 2.36. The number of aromatic nitrogens is 2. The van der Waals surface area contributed by atoms with Gasteiger partial charge in [0.05, 0.1) is 17.5 Å². The zero-order valence-corrected chi connectivity index (χ0v) is 12.3. The highest BCUT2D eigenvalue weighted by Gasteiger charge is 2.36. The predicted molar refractivity (Wildman–Crippen MR) is 77.7 cm³/mol. The molecule has 1 aliphatic carbocycles. The maximum atomic E-state index is 11.1. The van der Waals surface area contributed by atoms with E-state index in [4.69, 9.17) is 10.2 Å². The normalized spacial score (nSPS) is 20.6. The minimum Gasteiger partial charge on any atom is -0.565 e. The average molecular weight is 291 g/mol. The van der Waals surface area contributed by atoms with Gasteiger partial charge in [0.1, 0.15) is 6.42 Å².